The summed E-state index contributed by atoms with van der Waals surface area (Å²) in [5.41, 5.74) is 3.18. The zero-order chi connectivity index (χ0) is 15.2. The standard InChI is InChI=1S/C18H21BrFN/c1-3-9-21-18(11-14-6-4-5-13(2)10-14)16-12-15(19)7-8-17(16)20/h4-8,10,12,18,21H,3,9,11H2,1-2H3. The Bertz CT molecular complexity index is 598. The number of hydrogen-bond donors (Lipinski definition) is 1. The number of aryl methyl sites for hydroxylation is 1. The van der Waals surface area contributed by atoms with Gasteiger partial charge >= 0.3 is 0 Å². The summed E-state index contributed by atoms with van der Waals surface area (Å²) >= 11 is 3.44. The lowest BCUT2D eigenvalue weighted by Gasteiger charge is -2.20. The Morgan fingerprint density at radius 3 is 2.71 bits per heavy atom. The molecule has 1 N–H and O–H groups in total. The average Bonchev–Trinajstić information content (AvgIpc) is 2.46. The van der Waals surface area contributed by atoms with Crippen LogP contribution in [-0.2, 0) is 6.42 Å². The van der Waals surface area contributed by atoms with Crippen molar-refractivity contribution in [2.75, 3.05) is 6.54 Å². The van der Waals surface area contributed by atoms with E-state index in [4.69, 9.17) is 0 Å². The summed E-state index contributed by atoms with van der Waals surface area (Å²) in [6, 6.07) is 13.5. The monoisotopic (exact) mass is 349 g/mol. The zero-order valence-corrected chi connectivity index (χ0v) is 14.1. The Morgan fingerprint density at radius 2 is 2.00 bits per heavy atom. The summed E-state index contributed by atoms with van der Waals surface area (Å²) in [6.45, 7) is 5.08. The molecule has 1 atom stereocenters. The maximum absolute atomic E-state index is 14.2. The third-order valence-corrected chi connectivity index (χ3v) is 3.99. The smallest absolute Gasteiger partial charge is 0.128 e. The first-order valence-corrected chi connectivity index (χ1v) is 8.13. The fourth-order valence-electron chi connectivity index (χ4n) is 2.47. The van der Waals surface area contributed by atoms with Gasteiger partial charge in [-0.3, -0.25) is 0 Å². The van der Waals surface area contributed by atoms with E-state index in [1.54, 1.807) is 6.07 Å². The van der Waals surface area contributed by atoms with Crippen molar-refractivity contribution in [1.82, 2.24) is 5.32 Å². The number of rotatable bonds is 6. The largest absolute Gasteiger partial charge is 0.310 e. The van der Waals surface area contributed by atoms with Crippen LogP contribution < -0.4 is 5.32 Å². The fourth-order valence-corrected chi connectivity index (χ4v) is 2.85. The van der Waals surface area contributed by atoms with Gasteiger partial charge in [0.25, 0.3) is 0 Å². The van der Waals surface area contributed by atoms with Crippen LogP contribution in [0.2, 0.25) is 0 Å². The van der Waals surface area contributed by atoms with Gasteiger partial charge in [-0.05, 0) is 50.1 Å². The number of halogens is 2. The quantitative estimate of drug-likeness (QED) is 0.757. The van der Waals surface area contributed by atoms with Crippen molar-refractivity contribution in [2.45, 2.75) is 32.7 Å². The molecule has 112 valence electrons. The molecule has 0 amide bonds. The lowest BCUT2D eigenvalue weighted by molar-refractivity contribution is 0.496. The minimum Gasteiger partial charge on any atom is -0.310 e. The Balaban J connectivity index is 2.27. The molecule has 2 aromatic carbocycles. The van der Waals surface area contributed by atoms with E-state index < -0.39 is 0 Å². The molecule has 0 aromatic heterocycles. The Morgan fingerprint density at radius 1 is 1.19 bits per heavy atom. The number of hydrogen-bond acceptors (Lipinski definition) is 1. The van der Waals surface area contributed by atoms with Gasteiger partial charge in [0, 0.05) is 16.1 Å². The molecule has 2 rings (SSSR count). The highest BCUT2D eigenvalue weighted by atomic mass is 79.9. The van der Waals surface area contributed by atoms with Crippen molar-refractivity contribution in [3.05, 3.63) is 69.4 Å². The molecule has 0 radical (unpaired) electrons. The van der Waals surface area contributed by atoms with Crippen molar-refractivity contribution in [3.8, 4) is 0 Å². The van der Waals surface area contributed by atoms with Crippen molar-refractivity contribution in [3.63, 3.8) is 0 Å². The molecule has 0 bridgehead atoms. The van der Waals surface area contributed by atoms with Crippen molar-refractivity contribution >= 4 is 15.9 Å². The van der Waals surface area contributed by atoms with E-state index in [0.29, 0.717) is 0 Å². The van der Waals surface area contributed by atoms with Crippen LogP contribution in [0.5, 0.6) is 0 Å². The minimum absolute atomic E-state index is 0.00995. The van der Waals surface area contributed by atoms with E-state index in [0.717, 1.165) is 29.4 Å². The predicted molar refractivity (Wildman–Crippen MR) is 90.0 cm³/mol. The molecule has 21 heavy (non-hydrogen) atoms. The third kappa shape index (κ3) is 4.65. The molecule has 0 aliphatic carbocycles. The summed E-state index contributed by atoms with van der Waals surface area (Å²) in [7, 11) is 0. The summed E-state index contributed by atoms with van der Waals surface area (Å²) in [4.78, 5) is 0. The molecule has 0 saturated heterocycles. The molecule has 2 aromatic rings. The van der Waals surface area contributed by atoms with Crippen LogP contribution in [0, 0.1) is 12.7 Å². The summed E-state index contributed by atoms with van der Waals surface area (Å²) in [6.07, 6.45) is 1.81. The van der Waals surface area contributed by atoms with Gasteiger partial charge in [0.05, 0.1) is 0 Å². The Kier molecular flexibility index (Phi) is 5.95. The van der Waals surface area contributed by atoms with Crippen LogP contribution in [0.1, 0.15) is 36.1 Å². The van der Waals surface area contributed by atoms with Crippen LogP contribution in [0.4, 0.5) is 4.39 Å². The molecule has 1 unspecified atom stereocenters. The molecule has 0 heterocycles. The molecule has 1 nitrogen and oxygen atoms in total. The fraction of sp³-hybridized carbons (Fsp3) is 0.333. The van der Waals surface area contributed by atoms with Gasteiger partial charge in [-0.1, -0.05) is 52.7 Å². The summed E-state index contributed by atoms with van der Waals surface area (Å²) < 4.78 is 15.1. The van der Waals surface area contributed by atoms with Gasteiger partial charge in [0.2, 0.25) is 0 Å². The molecule has 0 spiro atoms. The third-order valence-electron chi connectivity index (χ3n) is 3.50. The minimum atomic E-state index is -0.153. The van der Waals surface area contributed by atoms with E-state index >= 15 is 0 Å². The van der Waals surface area contributed by atoms with Crippen LogP contribution >= 0.6 is 15.9 Å². The second-order valence-electron chi connectivity index (χ2n) is 5.37. The Labute approximate surface area is 134 Å². The van der Waals surface area contributed by atoms with Gasteiger partial charge in [-0.2, -0.15) is 0 Å². The van der Waals surface area contributed by atoms with Crippen LogP contribution in [0.25, 0.3) is 0 Å². The first-order valence-electron chi connectivity index (χ1n) is 7.34. The topological polar surface area (TPSA) is 12.0 Å². The molecule has 3 heteroatoms. The number of benzene rings is 2. The van der Waals surface area contributed by atoms with E-state index in [9.17, 15) is 4.39 Å². The molecule has 0 fully saturated rings. The van der Waals surface area contributed by atoms with Gasteiger partial charge in [-0.15, -0.1) is 0 Å². The second-order valence-corrected chi connectivity index (χ2v) is 6.28. The first kappa shape index (κ1) is 16.2. The van der Waals surface area contributed by atoms with Crippen LogP contribution in [0.15, 0.2) is 46.9 Å². The Hall–Kier alpha value is -1.19. The highest BCUT2D eigenvalue weighted by Gasteiger charge is 2.16. The van der Waals surface area contributed by atoms with Crippen LogP contribution in [-0.4, -0.2) is 6.54 Å². The molecule has 0 aliphatic rings. The van der Waals surface area contributed by atoms with E-state index in [1.807, 2.05) is 6.07 Å². The molecular formula is C18H21BrFN. The van der Waals surface area contributed by atoms with E-state index in [1.165, 1.54) is 17.2 Å². The molecule has 0 aliphatic heterocycles. The van der Waals surface area contributed by atoms with Gasteiger partial charge in [-0.25, -0.2) is 4.39 Å². The van der Waals surface area contributed by atoms with E-state index in [2.05, 4.69) is 59.4 Å². The highest BCUT2D eigenvalue weighted by Crippen LogP contribution is 2.25. The maximum atomic E-state index is 14.2. The van der Waals surface area contributed by atoms with Gasteiger partial charge < -0.3 is 5.32 Å². The summed E-state index contributed by atoms with van der Waals surface area (Å²) in [5, 5.41) is 3.46. The molecule has 0 saturated carbocycles. The van der Waals surface area contributed by atoms with Gasteiger partial charge in [0.1, 0.15) is 5.82 Å². The predicted octanol–water partition coefficient (Wildman–Crippen LogP) is 5.18. The normalized spacial score (nSPS) is 12.4. The number of nitrogens with one attached hydrogen (secondary N) is 1. The zero-order valence-electron chi connectivity index (χ0n) is 12.5. The lowest BCUT2D eigenvalue weighted by atomic mass is 9.97. The average molecular weight is 350 g/mol. The second kappa shape index (κ2) is 7.71. The van der Waals surface area contributed by atoms with Crippen molar-refractivity contribution in [2.24, 2.45) is 0 Å². The summed E-state index contributed by atoms with van der Waals surface area (Å²) in [5.74, 6) is -0.153. The maximum Gasteiger partial charge on any atom is 0.128 e. The molecular weight excluding hydrogens is 329 g/mol. The van der Waals surface area contributed by atoms with Crippen molar-refractivity contribution < 1.29 is 4.39 Å². The van der Waals surface area contributed by atoms with Gasteiger partial charge in [0.15, 0.2) is 0 Å². The lowest BCUT2D eigenvalue weighted by Crippen LogP contribution is -2.25. The van der Waals surface area contributed by atoms with Crippen LogP contribution in [0.3, 0.4) is 0 Å². The highest BCUT2D eigenvalue weighted by molar-refractivity contribution is 9.10. The first-order chi connectivity index (χ1) is 10.1. The SMILES string of the molecule is CCCNC(Cc1cccc(C)c1)c1cc(Br)ccc1F. The van der Waals surface area contributed by atoms with E-state index in [-0.39, 0.29) is 11.9 Å². The van der Waals surface area contributed by atoms with Crippen molar-refractivity contribution in [1.29, 1.82) is 0 Å².